The van der Waals surface area contributed by atoms with E-state index in [0.717, 1.165) is 42.2 Å². The number of thiazole rings is 1. The van der Waals surface area contributed by atoms with E-state index < -0.39 is 0 Å². The molecular formula is C18H20FN3OS. The van der Waals surface area contributed by atoms with Gasteiger partial charge in [0.25, 0.3) is 5.91 Å². The third kappa shape index (κ3) is 2.96. The maximum atomic E-state index is 13.1. The fraction of sp³-hybridized carbons (Fsp3) is 0.444. The van der Waals surface area contributed by atoms with Crippen molar-refractivity contribution < 1.29 is 9.18 Å². The maximum Gasteiger partial charge on any atom is 0.265 e. The molecule has 4 nitrogen and oxygen atoms in total. The number of aromatic nitrogens is 1. The summed E-state index contributed by atoms with van der Waals surface area (Å²) in [6.07, 6.45) is 3.39. The number of carbonyl (C=O) groups is 1. The minimum atomic E-state index is -0.268. The molecule has 2 fully saturated rings. The first-order valence-corrected chi connectivity index (χ1v) is 9.20. The number of nitrogens with one attached hydrogen (secondary N) is 1. The van der Waals surface area contributed by atoms with Gasteiger partial charge >= 0.3 is 0 Å². The van der Waals surface area contributed by atoms with Crippen LogP contribution in [0.3, 0.4) is 0 Å². The lowest BCUT2D eigenvalue weighted by Gasteiger charge is -2.23. The van der Waals surface area contributed by atoms with Crippen LogP contribution in [0.2, 0.25) is 0 Å². The first-order chi connectivity index (χ1) is 11.6. The van der Waals surface area contributed by atoms with Crippen molar-refractivity contribution in [2.75, 3.05) is 13.1 Å². The van der Waals surface area contributed by atoms with Crippen molar-refractivity contribution in [1.82, 2.24) is 15.2 Å². The van der Waals surface area contributed by atoms with Crippen molar-refractivity contribution in [2.45, 2.75) is 38.3 Å². The van der Waals surface area contributed by atoms with Crippen molar-refractivity contribution in [2.24, 2.45) is 0 Å². The predicted molar refractivity (Wildman–Crippen MR) is 92.7 cm³/mol. The Morgan fingerprint density at radius 2 is 2.00 bits per heavy atom. The molecule has 126 valence electrons. The van der Waals surface area contributed by atoms with Gasteiger partial charge in [-0.3, -0.25) is 4.79 Å². The number of halogens is 1. The fourth-order valence-electron chi connectivity index (χ4n) is 3.58. The Balaban J connectivity index is 1.57. The summed E-state index contributed by atoms with van der Waals surface area (Å²) in [6, 6.07) is 7.24. The molecule has 2 bridgehead atoms. The van der Waals surface area contributed by atoms with Crippen LogP contribution in [0.1, 0.15) is 34.6 Å². The van der Waals surface area contributed by atoms with E-state index >= 15 is 0 Å². The largest absolute Gasteiger partial charge is 0.336 e. The van der Waals surface area contributed by atoms with Crippen LogP contribution in [0.25, 0.3) is 10.6 Å². The van der Waals surface area contributed by atoms with Gasteiger partial charge in [0.2, 0.25) is 0 Å². The van der Waals surface area contributed by atoms with E-state index in [1.807, 2.05) is 11.8 Å². The molecule has 24 heavy (non-hydrogen) atoms. The summed E-state index contributed by atoms with van der Waals surface area (Å²) < 4.78 is 13.1. The number of amides is 1. The van der Waals surface area contributed by atoms with Crippen LogP contribution in [-0.4, -0.2) is 41.0 Å². The number of hydrogen-bond donors (Lipinski definition) is 1. The molecule has 0 saturated carbocycles. The van der Waals surface area contributed by atoms with Crippen LogP contribution in [0.15, 0.2) is 24.3 Å². The lowest BCUT2D eigenvalue weighted by atomic mass is 10.1. The molecule has 0 spiro atoms. The molecule has 0 radical (unpaired) electrons. The topological polar surface area (TPSA) is 45.2 Å². The maximum absolute atomic E-state index is 13.1. The molecule has 2 aliphatic rings. The van der Waals surface area contributed by atoms with Gasteiger partial charge in [-0.05, 0) is 50.5 Å². The van der Waals surface area contributed by atoms with Gasteiger partial charge in [-0.1, -0.05) is 0 Å². The molecule has 6 heteroatoms. The van der Waals surface area contributed by atoms with Crippen molar-refractivity contribution in [3.05, 3.63) is 40.7 Å². The molecule has 1 aromatic heterocycles. The first kappa shape index (κ1) is 15.7. The molecule has 2 aromatic rings. The molecule has 2 atom stereocenters. The van der Waals surface area contributed by atoms with Crippen LogP contribution in [0, 0.1) is 12.7 Å². The molecule has 0 aliphatic carbocycles. The number of nitrogens with zero attached hydrogens (tertiary/aromatic N) is 2. The fourth-order valence-corrected chi connectivity index (χ4v) is 4.62. The summed E-state index contributed by atoms with van der Waals surface area (Å²) in [5, 5.41) is 4.37. The van der Waals surface area contributed by atoms with E-state index in [-0.39, 0.29) is 11.7 Å². The summed E-state index contributed by atoms with van der Waals surface area (Å²) in [4.78, 5) is 20.2. The van der Waals surface area contributed by atoms with Crippen molar-refractivity contribution in [1.29, 1.82) is 0 Å². The van der Waals surface area contributed by atoms with Crippen LogP contribution >= 0.6 is 11.3 Å². The number of hydrogen-bond acceptors (Lipinski definition) is 4. The summed E-state index contributed by atoms with van der Waals surface area (Å²) in [5.74, 6) is -0.192. The number of benzene rings is 1. The van der Waals surface area contributed by atoms with Crippen LogP contribution in [-0.2, 0) is 0 Å². The number of carbonyl (C=O) groups excluding carboxylic acids is 1. The highest BCUT2D eigenvalue weighted by Crippen LogP contribution is 2.30. The molecule has 1 N–H and O–H groups in total. The Hall–Kier alpha value is -1.79. The number of likely N-dealkylation sites (tertiary alicyclic amines) is 1. The highest BCUT2D eigenvalue weighted by Gasteiger charge is 2.32. The van der Waals surface area contributed by atoms with E-state index in [9.17, 15) is 9.18 Å². The third-order valence-electron chi connectivity index (χ3n) is 4.89. The van der Waals surface area contributed by atoms with E-state index in [2.05, 4.69) is 10.3 Å². The van der Waals surface area contributed by atoms with E-state index in [1.165, 1.54) is 29.9 Å². The smallest absolute Gasteiger partial charge is 0.265 e. The van der Waals surface area contributed by atoms with E-state index in [4.69, 9.17) is 0 Å². The molecule has 2 aliphatic heterocycles. The van der Waals surface area contributed by atoms with Gasteiger partial charge in [0.05, 0.1) is 5.69 Å². The first-order valence-electron chi connectivity index (χ1n) is 8.39. The summed E-state index contributed by atoms with van der Waals surface area (Å²) >= 11 is 1.40. The molecule has 4 rings (SSSR count). The Morgan fingerprint density at radius 3 is 2.79 bits per heavy atom. The number of rotatable bonds is 2. The van der Waals surface area contributed by atoms with Gasteiger partial charge in [0, 0.05) is 30.7 Å². The van der Waals surface area contributed by atoms with Crippen LogP contribution in [0.4, 0.5) is 4.39 Å². The Bertz CT molecular complexity index is 758. The monoisotopic (exact) mass is 345 g/mol. The second-order valence-electron chi connectivity index (χ2n) is 6.62. The lowest BCUT2D eigenvalue weighted by Crippen LogP contribution is -2.39. The summed E-state index contributed by atoms with van der Waals surface area (Å²) in [7, 11) is 0. The zero-order valence-corrected chi connectivity index (χ0v) is 14.4. The zero-order chi connectivity index (χ0) is 16.7. The average molecular weight is 345 g/mol. The number of aryl methyl sites for hydroxylation is 1. The molecule has 1 amide bonds. The van der Waals surface area contributed by atoms with Gasteiger partial charge in [0.1, 0.15) is 15.7 Å². The van der Waals surface area contributed by atoms with Crippen molar-refractivity contribution in [3.8, 4) is 10.6 Å². The van der Waals surface area contributed by atoms with Gasteiger partial charge in [-0.2, -0.15) is 0 Å². The summed E-state index contributed by atoms with van der Waals surface area (Å²) in [6.45, 7) is 3.45. The van der Waals surface area contributed by atoms with Crippen LogP contribution < -0.4 is 5.32 Å². The Kier molecular flexibility index (Phi) is 4.10. The SMILES string of the molecule is Cc1nc(-c2ccc(F)cc2)sc1C(=O)N1CCC2CCC(C1)N2. The average Bonchev–Trinajstić information content (AvgIpc) is 3.10. The molecule has 2 saturated heterocycles. The second kappa shape index (κ2) is 6.26. The zero-order valence-electron chi connectivity index (χ0n) is 13.6. The molecule has 1 aromatic carbocycles. The van der Waals surface area contributed by atoms with E-state index in [0.29, 0.717) is 17.0 Å². The molecular weight excluding hydrogens is 325 g/mol. The standard InChI is InChI=1S/C18H20FN3OS/c1-11-16(24-17(20-11)12-2-4-13(19)5-3-12)18(23)22-9-8-14-6-7-15(10-22)21-14/h2-5,14-15,21H,6-10H2,1H3. The van der Waals surface area contributed by atoms with Gasteiger partial charge in [-0.15, -0.1) is 11.3 Å². The van der Waals surface area contributed by atoms with E-state index in [1.54, 1.807) is 12.1 Å². The Labute approximate surface area is 144 Å². The minimum absolute atomic E-state index is 0.0766. The van der Waals surface area contributed by atoms with Crippen molar-refractivity contribution >= 4 is 17.2 Å². The third-order valence-corrected chi connectivity index (χ3v) is 6.09. The van der Waals surface area contributed by atoms with Gasteiger partial charge in [0.15, 0.2) is 0 Å². The highest BCUT2D eigenvalue weighted by molar-refractivity contribution is 7.17. The lowest BCUT2D eigenvalue weighted by molar-refractivity contribution is 0.0752. The van der Waals surface area contributed by atoms with Crippen LogP contribution in [0.5, 0.6) is 0 Å². The molecule has 3 heterocycles. The van der Waals surface area contributed by atoms with Crippen molar-refractivity contribution in [3.63, 3.8) is 0 Å². The number of fused-ring (bicyclic) bond motifs is 2. The quantitative estimate of drug-likeness (QED) is 0.909. The Morgan fingerprint density at radius 1 is 1.25 bits per heavy atom. The second-order valence-corrected chi connectivity index (χ2v) is 7.62. The normalized spacial score (nSPS) is 23.3. The highest BCUT2D eigenvalue weighted by atomic mass is 32.1. The summed E-state index contributed by atoms with van der Waals surface area (Å²) in [5.41, 5.74) is 1.60. The van der Waals surface area contributed by atoms with Gasteiger partial charge < -0.3 is 10.2 Å². The predicted octanol–water partition coefficient (Wildman–Crippen LogP) is 3.22. The molecule has 2 unspecified atom stereocenters. The minimum Gasteiger partial charge on any atom is -0.336 e. The van der Waals surface area contributed by atoms with Gasteiger partial charge in [-0.25, -0.2) is 9.37 Å².